The second-order valence-electron chi connectivity index (χ2n) is 10.4. The number of halogens is 1. The lowest BCUT2D eigenvalue weighted by atomic mass is 9.77. The van der Waals surface area contributed by atoms with E-state index in [1.54, 1.807) is 6.20 Å². The summed E-state index contributed by atoms with van der Waals surface area (Å²) in [4.78, 5) is 4.37. The van der Waals surface area contributed by atoms with Gasteiger partial charge in [0, 0.05) is 11.6 Å². The molecule has 4 heteroatoms. The van der Waals surface area contributed by atoms with Crippen LogP contribution in [0.4, 0.5) is 4.39 Å². The van der Waals surface area contributed by atoms with Crippen LogP contribution in [-0.4, -0.2) is 23.8 Å². The summed E-state index contributed by atoms with van der Waals surface area (Å²) in [6.45, 7) is 4.94. The van der Waals surface area contributed by atoms with E-state index < -0.39 is 0 Å². The highest BCUT2D eigenvalue weighted by Gasteiger charge is 2.38. The average Bonchev–Trinajstić information content (AvgIpc) is 3.62. The molecule has 2 fully saturated rings. The van der Waals surface area contributed by atoms with E-state index in [0.29, 0.717) is 30.1 Å². The Balaban J connectivity index is 1.25. The van der Waals surface area contributed by atoms with Crippen LogP contribution in [0.1, 0.15) is 102 Å². The van der Waals surface area contributed by atoms with Crippen LogP contribution >= 0.6 is 0 Å². The number of rotatable bonds is 13. The standard InChI is InChI=1S/C30H42FNO2/c1-3-5-7-9-22-11-13-23(14-12-22)24-15-17-25(18-16-24)30-27(31)19-26(20-32-30)33-21-29-28(34-29)10-8-6-4-2/h15-20,22-23,28-29H,3-14,21H2,1-2H3/t22-,23-,28-,29-/m0/s1. The summed E-state index contributed by atoms with van der Waals surface area (Å²) >= 11 is 0. The van der Waals surface area contributed by atoms with E-state index in [1.807, 2.05) is 12.1 Å². The molecule has 0 amide bonds. The van der Waals surface area contributed by atoms with Gasteiger partial charge in [-0.1, -0.05) is 83.1 Å². The van der Waals surface area contributed by atoms with Gasteiger partial charge in [-0.2, -0.15) is 0 Å². The van der Waals surface area contributed by atoms with Crippen LogP contribution in [-0.2, 0) is 4.74 Å². The van der Waals surface area contributed by atoms with Crippen molar-refractivity contribution >= 4 is 0 Å². The summed E-state index contributed by atoms with van der Waals surface area (Å²) in [6.07, 6.45) is 17.5. The molecule has 0 bridgehead atoms. The number of pyridine rings is 1. The van der Waals surface area contributed by atoms with E-state index in [1.165, 1.54) is 82.3 Å². The molecule has 1 aromatic heterocycles. The third-order valence-electron chi connectivity index (χ3n) is 7.73. The zero-order valence-electron chi connectivity index (χ0n) is 21.1. The largest absolute Gasteiger partial charge is 0.489 e. The Morgan fingerprint density at radius 3 is 2.29 bits per heavy atom. The molecule has 186 valence electrons. The van der Waals surface area contributed by atoms with E-state index >= 15 is 0 Å². The fraction of sp³-hybridized carbons (Fsp3) is 0.633. The van der Waals surface area contributed by atoms with Crippen molar-refractivity contribution in [1.82, 2.24) is 4.98 Å². The van der Waals surface area contributed by atoms with Gasteiger partial charge in [0.05, 0.1) is 12.3 Å². The summed E-state index contributed by atoms with van der Waals surface area (Å²) < 4.78 is 26.2. The van der Waals surface area contributed by atoms with Gasteiger partial charge in [0.15, 0.2) is 5.82 Å². The second kappa shape index (κ2) is 12.7. The van der Waals surface area contributed by atoms with Gasteiger partial charge in [0.1, 0.15) is 24.2 Å². The first-order valence-electron chi connectivity index (χ1n) is 13.7. The van der Waals surface area contributed by atoms with Crippen LogP contribution < -0.4 is 4.74 Å². The molecule has 1 aliphatic heterocycles. The first-order chi connectivity index (χ1) is 16.7. The van der Waals surface area contributed by atoms with Gasteiger partial charge in [-0.25, -0.2) is 9.37 Å². The minimum absolute atomic E-state index is 0.138. The predicted molar refractivity (Wildman–Crippen MR) is 137 cm³/mol. The first-order valence-corrected chi connectivity index (χ1v) is 13.7. The van der Waals surface area contributed by atoms with Crippen molar-refractivity contribution in [3.63, 3.8) is 0 Å². The van der Waals surface area contributed by atoms with E-state index in [0.717, 1.165) is 17.9 Å². The van der Waals surface area contributed by atoms with Gasteiger partial charge in [-0.05, 0) is 49.5 Å². The SMILES string of the molecule is CCCCC[C@@H]1O[C@H]1COc1cnc(-c2ccc([C@H]3CC[C@H](CCCCC)CC3)cc2)c(F)c1. The molecule has 0 spiro atoms. The molecule has 0 radical (unpaired) electrons. The summed E-state index contributed by atoms with van der Waals surface area (Å²) in [5.74, 6) is 1.69. The fourth-order valence-corrected chi connectivity index (χ4v) is 5.45. The topological polar surface area (TPSA) is 34.6 Å². The number of ether oxygens (including phenoxy) is 2. The predicted octanol–water partition coefficient (Wildman–Crippen LogP) is 8.47. The molecule has 1 aliphatic carbocycles. The van der Waals surface area contributed by atoms with E-state index in [4.69, 9.17) is 9.47 Å². The van der Waals surface area contributed by atoms with Gasteiger partial charge in [0.2, 0.25) is 0 Å². The highest BCUT2D eigenvalue weighted by Crippen LogP contribution is 2.38. The normalized spacial score (nSPS) is 24.2. The molecule has 2 heterocycles. The highest BCUT2D eigenvalue weighted by molar-refractivity contribution is 5.60. The maximum absolute atomic E-state index is 14.8. The van der Waals surface area contributed by atoms with Gasteiger partial charge in [-0.15, -0.1) is 0 Å². The Hall–Kier alpha value is -1.94. The van der Waals surface area contributed by atoms with E-state index in [2.05, 4.69) is 31.0 Å². The van der Waals surface area contributed by atoms with Crippen molar-refractivity contribution in [1.29, 1.82) is 0 Å². The van der Waals surface area contributed by atoms with Crippen LogP contribution in [0.2, 0.25) is 0 Å². The fourth-order valence-electron chi connectivity index (χ4n) is 5.45. The Labute approximate surface area is 205 Å². The lowest BCUT2D eigenvalue weighted by Gasteiger charge is -2.29. The van der Waals surface area contributed by atoms with Crippen molar-refractivity contribution < 1.29 is 13.9 Å². The Morgan fingerprint density at radius 2 is 1.62 bits per heavy atom. The number of hydrogen-bond acceptors (Lipinski definition) is 3. The van der Waals surface area contributed by atoms with Crippen molar-refractivity contribution in [2.75, 3.05) is 6.61 Å². The number of hydrogen-bond donors (Lipinski definition) is 0. The van der Waals surface area contributed by atoms with Gasteiger partial charge < -0.3 is 9.47 Å². The van der Waals surface area contributed by atoms with Crippen molar-refractivity contribution in [3.05, 3.63) is 47.9 Å². The average molecular weight is 468 g/mol. The van der Waals surface area contributed by atoms with Crippen LogP contribution in [0, 0.1) is 11.7 Å². The molecule has 34 heavy (non-hydrogen) atoms. The zero-order chi connectivity index (χ0) is 23.8. The monoisotopic (exact) mass is 467 g/mol. The van der Waals surface area contributed by atoms with Gasteiger partial charge >= 0.3 is 0 Å². The van der Waals surface area contributed by atoms with Crippen molar-refractivity contribution in [3.8, 4) is 17.0 Å². The number of unbranched alkanes of at least 4 members (excludes halogenated alkanes) is 4. The van der Waals surface area contributed by atoms with E-state index in [-0.39, 0.29) is 11.9 Å². The first kappa shape index (κ1) is 25.2. The summed E-state index contributed by atoms with van der Waals surface area (Å²) in [5, 5.41) is 0. The molecule has 4 rings (SSSR count). The second-order valence-corrected chi connectivity index (χ2v) is 10.4. The van der Waals surface area contributed by atoms with E-state index in [9.17, 15) is 4.39 Å². The van der Waals surface area contributed by atoms with Crippen LogP contribution in [0.25, 0.3) is 11.3 Å². The van der Waals surface area contributed by atoms with Crippen LogP contribution in [0.15, 0.2) is 36.5 Å². The number of benzene rings is 1. The molecular weight excluding hydrogens is 425 g/mol. The molecule has 0 unspecified atom stereocenters. The molecule has 2 aromatic rings. The lowest BCUT2D eigenvalue weighted by molar-refractivity contribution is 0.258. The smallest absolute Gasteiger partial charge is 0.153 e. The lowest BCUT2D eigenvalue weighted by Crippen LogP contribution is -2.13. The maximum Gasteiger partial charge on any atom is 0.153 e. The highest BCUT2D eigenvalue weighted by atomic mass is 19.1. The maximum atomic E-state index is 14.8. The molecule has 1 saturated heterocycles. The van der Waals surface area contributed by atoms with Crippen molar-refractivity contribution in [2.24, 2.45) is 5.92 Å². The Morgan fingerprint density at radius 1 is 0.912 bits per heavy atom. The summed E-state index contributed by atoms with van der Waals surface area (Å²) in [6, 6.07) is 9.84. The molecule has 1 saturated carbocycles. The molecular formula is C30H42FNO2. The third-order valence-corrected chi connectivity index (χ3v) is 7.73. The minimum Gasteiger partial charge on any atom is -0.489 e. The number of epoxide rings is 1. The third kappa shape index (κ3) is 7.04. The summed E-state index contributed by atoms with van der Waals surface area (Å²) in [5.41, 5.74) is 2.59. The van der Waals surface area contributed by atoms with Crippen molar-refractivity contribution in [2.45, 2.75) is 109 Å². The Kier molecular flexibility index (Phi) is 9.38. The Bertz CT molecular complexity index is 876. The number of aromatic nitrogens is 1. The molecule has 2 atom stereocenters. The van der Waals surface area contributed by atoms with Gasteiger partial charge in [-0.3, -0.25) is 0 Å². The number of nitrogens with zero attached hydrogens (tertiary/aromatic N) is 1. The molecule has 0 N–H and O–H groups in total. The molecule has 3 nitrogen and oxygen atoms in total. The quantitative estimate of drug-likeness (QED) is 0.219. The zero-order valence-corrected chi connectivity index (χ0v) is 21.1. The molecule has 1 aromatic carbocycles. The molecule has 2 aliphatic rings. The van der Waals surface area contributed by atoms with Crippen LogP contribution in [0.5, 0.6) is 5.75 Å². The summed E-state index contributed by atoms with van der Waals surface area (Å²) in [7, 11) is 0. The van der Waals surface area contributed by atoms with Crippen LogP contribution in [0.3, 0.4) is 0 Å². The van der Waals surface area contributed by atoms with Gasteiger partial charge in [0.25, 0.3) is 0 Å². The minimum atomic E-state index is -0.339.